The average Bonchev–Trinajstić information content (AvgIpc) is 2.77. The summed E-state index contributed by atoms with van der Waals surface area (Å²) in [6, 6.07) is 19.2. The van der Waals surface area contributed by atoms with Gasteiger partial charge in [0.1, 0.15) is 17.2 Å². The maximum atomic E-state index is 12.9. The minimum Gasteiger partial charge on any atom is -0.497 e. The Hall–Kier alpha value is -3.86. The Labute approximate surface area is 175 Å². The van der Waals surface area contributed by atoms with Crippen LogP contribution in [0.25, 0.3) is 6.08 Å². The third-order valence-electron chi connectivity index (χ3n) is 4.58. The lowest BCUT2D eigenvalue weighted by Crippen LogP contribution is -2.12. The van der Waals surface area contributed by atoms with Crippen LogP contribution in [0, 0.1) is 6.92 Å². The fourth-order valence-electron chi connectivity index (χ4n) is 2.93. The summed E-state index contributed by atoms with van der Waals surface area (Å²) in [4.78, 5) is 25.5. The van der Waals surface area contributed by atoms with Crippen molar-refractivity contribution >= 4 is 17.8 Å². The van der Waals surface area contributed by atoms with Crippen molar-refractivity contribution in [2.24, 2.45) is 0 Å². The maximum Gasteiger partial charge on any atom is 0.343 e. The van der Waals surface area contributed by atoms with Crippen molar-refractivity contribution in [1.29, 1.82) is 0 Å². The number of para-hydroxylation sites is 1. The zero-order chi connectivity index (χ0) is 21.5. The van der Waals surface area contributed by atoms with Gasteiger partial charge in [0, 0.05) is 11.6 Å². The lowest BCUT2D eigenvalue weighted by molar-refractivity contribution is 0.0732. The monoisotopic (exact) mass is 402 g/mol. The lowest BCUT2D eigenvalue weighted by atomic mass is 10.1. The molecular formula is C25H22O5. The van der Waals surface area contributed by atoms with Gasteiger partial charge in [0.2, 0.25) is 0 Å². The van der Waals surface area contributed by atoms with Crippen LogP contribution in [0.2, 0.25) is 0 Å². The van der Waals surface area contributed by atoms with Crippen molar-refractivity contribution in [3.63, 3.8) is 0 Å². The van der Waals surface area contributed by atoms with Gasteiger partial charge in [0.15, 0.2) is 5.78 Å². The van der Waals surface area contributed by atoms with Gasteiger partial charge < -0.3 is 14.2 Å². The molecule has 30 heavy (non-hydrogen) atoms. The topological polar surface area (TPSA) is 61.8 Å². The van der Waals surface area contributed by atoms with E-state index in [1.807, 2.05) is 43.3 Å². The SMILES string of the molecule is COc1ccc(C(=O)C=Cc2ccccc2OC)c(OC(=O)c2ccccc2C)c1. The third-order valence-corrected chi connectivity index (χ3v) is 4.58. The number of allylic oxidation sites excluding steroid dienone is 1. The molecule has 0 aliphatic carbocycles. The van der Waals surface area contributed by atoms with Crippen LogP contribution >= 0.6 is 0 Å². The van der Waals surface area contributed by atoms with Crippen molar-refractivity contribution in [2.75, 3.05) is 14.2 Å². The molecular weight excluding hydrogens is 380 g/mol. The van der Waals surface area contributed by atoms with Gasteiger partial charge in [-0.15, -0.1) is 0 Å². The molecule has 0 atom stereocenters. The maximum absolute atomic E-state index is 12.9. The summed E-state index contributed by atoms with van der Waals surface area (Å²) in [5.74, 6) is 0.424. The summed E-state index contributed by atoms with van der Waals surface area (Å²) in [6.45, 7) is 1.82. The Morgan fingerprint density at radius 3 is 2.27 bits per heavy atom. The Kier molecular flexibility index (Phi) is 6.65. The molecule has 0 unspecified atom stereocenters. The first-order chi connectivity index (χ1) is 14.5. The lowest BCUT2D eigenvalue weighted by Gasteiger charge is -2.11. The molecule has 3 rings (SSSR count). The number of carbonyl (C=O) groups excluding carboxylic acids is 2. The molecule has 0 amide bonds. The number of benzene rings is 3. The summed E-state index contributed by atoms with van der Waals surface area (Å²) in [5.41, 5.74) is 2.24. The largest absolute Gasteiger partial charge is 0.497 e. The molecule has 0 aliphatic heterocycles. The highest BCUT2D eigenvalue weighted by Gasteiger charge is 2.17. The van der Waals surface area contributed by atoms with Gasteiger partial charge in [-0.2, -0.15) is 0 Å². The quantitative estimate of drug-likeness (QED) is 0.237. The molecule has 0 saturated heterocycles. The van der Waals surface area contributed by atoms with E-state index in [2.05, 4.69) is 0 Å². The number of carbonyl (C=O) groups is 2. The minimum absolute atomic E-state index is 0.136. The molecule has 0 spiro atoms. The summed E-state index contributed by atoms with van der Waals surface area (Å²) in [5, 5.41) is 0. The number of hydrogen-bond donors (Lipinski definition) is 0. The van der Waals surface area contributed by atoms with E-state index in [1.54, 1.807) is 37.5 Å². The van der Waals surface area contributed by atoms with Crippen LogP contribution in [-0.2, 0) is 0 Å². The molecule has 0 aromatic heterocycles. The van der Waals surface area contributed by atoms with Crippen molar-refractivity contribution in [2.45, 2.75) is 6.92 Å². The zero-order valence-electron chi connectivity index (χ0n) is 17.0. The van der Waals surface area contributed by atoms with E-state index in [0.717, 1.165) is 11.1 Å². The number of hydrogen-bond acceptors (Lipinski definition) is 5. The number of rotatable bonds is 7. The van der Waals surface area contributed by atoms with E-state index in [1.165, 1.54) is 19.3 Å². The Bertz CT molecular complexity index is 1100. The van der Waals surface area contributed by atoms with Gasteiger partial charge in [0.25, 0.3) is 0 Å². The summed E-state index contributed by atoms with van der Waals surface area (Å²) in [6.07, 6.45) is 3.09. The molecule has 0 bridgehead atoms. The number of ketones is 1. The van der Waals surface area contributed by atoms with Crippen LogP contribution in [0.3, 0.4) is 0 Å². The van der Waals surface area contributed by atoms with Gasteiger partial charge in [-0.05, 0) is 48.9 Å². The van der Waals surface area contributed by atoms with Crippen molar-refractivity contribution in [3.8, 4) is 17.2 Å². The molecule has 5 nitrogen and oxygen atoms in total. The second-order valence-corrected chi connectivity index (χ2v) is 6.51. The van der Waals surface area contributed by atoms with Crippen LogP contribution in [0.4, 0.5) is 0 Å². The summed E-state index contributed by atoms with van der Waals surface area (Å²) in [7, 11) is 3.08. The standard InChI is InChI=1S/C25H22O5/c1-17-8-4-6-10-20(17)25(27)30-24-16-19(28-2)13-14-21(24)22(26)15-12-18-9-5-7-11-23(18)29-3/h4-16H,1-3H3. The smallest absolute Gasteiger partial charge is 0.343 e. The minimum atomic E-state index is -0.538. The molecule has 3 aromatic rings. The van der Waals surface area contributed by atoms with E-state index < -0.39 is 5.97 Å². The Balaban J connectivity index is 1.91. The molecule has 0 N–H and O–H groups in total. The van der Waals surface area contributed by atoms with Crippen molar-refractivity contribution in [1.82, 2.24) is 0 Å². The molecule has 0 heterocycles. The van der Waals surface area contributed by atoms with E-state index >= 15 is 0 Å². The highest BCUT2D eigenvalue weighted by molar-refractivity contribution is 6.09. The molecule has 5 heteroatoms. The highest BCUT2D eigenvalue weighted by Crippen LogP contribution is 2.27. The second kappa shape index (κ2) is 9.56. The fraction of sp³-hybridized carbons (Fsp3) is 0.120. The van der Waals surface area contributed by atoms with Gasteiger partial charge in [-0.25, -0.2) is 4.79 Å². The van der Waals surface area contributed by atoms with Gasteiger partial charge in [0.05, 0.1) is 25.3 Å². The molecule has 0 radical (unpaired) electrons. The number of ether oxygens (including phenoxy) is 3. The van der Waals surface area contributed by atoms with Crippen molar-refractivity contribution < 1.29 is 23.8 Å². The van der Waals surface area contributed by atoms with Gasteiger partial charge >= 0.3 is 5.97 Å². The molecule has 0 fully saturated rings. The van der Waals surface area contributed by atoms with Crippen molar-refractivity contribution in [3.05, 3.63) is 95.1 Å². The highest BCUT2D eigenvalue weighted by atomic mass is 16.5. The van der Waals surface area contributed by atoms with E-state index in [-0.39, 0.29) is 17.1 Å². The first-order valence-electron chi connectivity index (χ1n) is 9.34. The van der Waals surface area contributed by atoms with Gasteiger partial charge in [-0.1, -0.05) is 36.4 Å². The molecule has 0 aliphatic rings. The normalized spacial score (nSPS) is 10.6. The summed E-state index contributed by atoms with van der Waals surface area (Å²) < 4.78 is 16.1. The fourth-order valence-corrected chi connectivity index (χ4v) is 2.93. The summed E-state index contributed by atoms with van der Waals surface area (Å²) >= 11 is 0. The Morgan fingerprint density at radius 1 is 0.800 bits per heavy atom. The third kappa shape index (κ3) is 4.75. The van der Waals surface area contributed by atoms with E-state index in [9.17, 15) is 9.59 Å². The number of methoxy groups -OCH3 is 2. The van der Waals surface area contributed by atoms with Gasteiger partial charge in [-0.3, -0.25) is 4.79 Å². The Morgan fingerprint density at radius 2 is 1.53 bits per heavy atom. The van der Waals surface area contributed by atoms with E-state index in [4.69, 9.17) is 14.2 Å². The molecule has 3 aromatic carbocycles. The molecule has 0 saturated carbocycles. The van der Waals surface area contributed by atoms with Crippen LogP contribution in [-0.4, -0.2) is 26.0 Å². The van der Waals surface area contributed by atoms with Crippen LogP contribution in [0.15, 0.2) is 72.8 Å². The van der Waals surface area contributed by atoms with Crippen LogP contribution in [0.1, 0.15) is 31.8 Å². The number of aryl methyl sites for hydroxylation is 1. The predicted molar refractivity (Wildman–Crippen MR) is 115 cm³/mol. The molecule has 152 valence electrons. The first kappa shape index (κ1) is 20.9. The second-order valence-electron chi connectivity index (χ2n) is 6.51. The zero-order valence-corrected chi connectivity index (χ0v) is 17.0. The van der Waals surface area contributed by atoms with Crippen LogP contribution in [0.5, 0.6) is 17.2 Å². The average molecular weight is 402 g/mol. The van der Waals surface area contributed by atoms with Crippen LogP contribution < -0.4 is 14.2 Å². The number of esters is 1. The predicted octanol–water partition coefficient (Wildman–Crippen LogP) is 5.13. The first-order valence-corrected chi connectivity index (χ1v) is 9.34. The van der Waals surface area contributed by atoms with E-state index in [0.29, 0.717) is 17.1 Å².